The molecular weight excluding hydrogens is 376 g/mol. The molecule has 2 aliphatic heterocycles. The summed E-state index contributed by atoms with van der Waals surface area (Å²) in [5, 5.41) is 14.0. The highest BCUT2D eigenvalue weighted by Gasteiger charge is 2.24. The zero-order chi connectivity index (χ0) is 20.8. The zero-order valence-electron chi connectivity index (χ0n) is 17.6. The minimum absolute atomic E-state index is 0.00149. The number of aliphatic hydroxyl groups excluding tert-OH is 1. The van der Waals surface area contributed by atoms with Crippen molar-refractivity contribution in [1.29, 1.82) is 0 Å². The maximum absolute atomic E-state index is 12.6. The lowest BCUT2D eigenvalue weighted by Crippen LogP contribution is -2.44. The first kappa shape index (κ1) is 21.2. The van der Waals surface area contributed by atoms with E-state index in [9.17, 15) is 9.90 Å². The number of aryl methyl sites for hydroxylation is 1. The van der Waals surface area contributed by atoms with Gasteiger partial charge >= 0.3 is 0 Å². The van der Waals surface area contributed by atoms with Crippen molar-refractivity contribution in [3.8, 4) is 0 Å². The van der Waals surface area contributed by atoms with Crippen LogP contribution in [0.15, 0.2) is 42.6 Å². The third-order valence-corrected chi connectivity index (χ3v) is 6.54. The molecule has 1 fully saturated rings. The third-order valence-electron chi connectivity index (χ3n) is 6.54. The fourth-order valence-electron chi connectivity index (χ4n) is 4.50. The molecule has 2 N–H and O–H groups in total. The Morgan fingerprint density at radius 2 is 1.97 bits per heavy atom. The van der Waals surface area contributed by atoms with Crippen LogP contribution in [0.25, 0.3) is 0 Å². The molecule has 5 heteroatoms. The van der Waals surface area contributed by atoms with Gasteiger partial charge in [0, 0.05) is 49.7 Å². The number of hydrogen-bond acceptors (Lipinski definition) is 5. The van der Waals surface area contributed by atoms with Gasteiger partial charge in [-0.05, 0) is 67.7 Å². The predicted molar refractivity (Wildman–Crippen MR) is 116 cm³/mol. The van der Waals surface area contributed by atoms with E-state index in [2.05, 4.69) is 22.4 Å². The van der Waals surface area contributed by atoms with Crippen LogP contribution in [0.1, 0.15) is 59.3 Å². The normalized spacial score (nSPS) is 20.5. The molecule has 0 bridgehead atoms. The first-order chi connectivity index (χ1) is 14.7. The van der Waals surface area contributed by atoms with Crippen LogP contribution in [-0.4, -0.2) is 41.2 Å². The highest BCUT2D eigenvalue weighted by Crippen LogP contribution is 2.21. The number of nitrogens with one attached hydrogen (secondary N) is 1. The van der Waals surface area contributed by atoms with Gasteiger partial charge < -0.3 is 15.2 Å². The molecule has 0 spiro atoms. The van der Waals surface area contributed by atoms with E-state index in [0.29, 0.717) is 18.4 Å². The third kappa shape index (κ3) is 5.54. The number of ether oxygens (including phenoxy) is 1. The van der Waals surface area contributed by atoms with Gasteiger partial charge in [-0.3, -0.25) is 9.78 Å². The number of Topliss-reactive ketones (excluding diaryl/α,β-unsaturated/α-hetero) is 1. The molecule has 2 aliphatic rings. The van der Waals surface area contributed by atoms with Crippen molar-refractivity contribution in [2.24, 2.45) is 5.92 Å². The lowest BCUT2D eigenvalue weighted by atomic mass is 9.91. The molecule has 2 atom stereocenters. The number of aromatic nitrogens is 1. The van der Waals surface area contributed by atoms with Gasteiger partial charge in [-0.25, -0.2) is 0 Å². The number of nitrogens with zero attached hydrogens (tertiary/aromatic N) is 1. The summed E-state index contributed by atoms with van der Waals surface area (Å²) < 4.78 is 5.41. The molecule has 160 valence electrons. The van der Waals surface area contributed by atoms with Crippen LogP contribution in [0, 0.1) is 5.92 Å². The van der Waals surface area contributed by atoms with E-state index in [-0.39, 0.29) is 11.8 Å². The Hall–Kier alpha value is -2.08. The minimum atomic E-state index is -0.533. The molecule has 1 aromatic carbocycles. The first-order valence-electron chi connectivity index (χ1n) is 11.2. The maximum Gasteiger partial charge on any atom is 0.164 e. The average Bonchev–Trinajstić information content (AvgIpc) is 2.81. The van der Waals surface area contributed by atoms with Gasteiger partial charge in [0.25, 0.3) is 0 Å². The summed E-state index contributed by atoms with van der Waals surface area (Å²) in [5.74, 6) is 0.775. The van der Waals surface area contributed by atoms with Gasteiger partial charge in [0.2, 0.25) is 0 Å². The Labute approximate surface area is 178 Å². The van der Waals surface area contributed by atoms with Crippen molar-refractivity contribution in [3.63, 3.8) is 0 Å². The zero-order valence-corrected chi connectivity index (χ0v) is 17.6. The fourth-order valence-corrected chi connectivity index (χ4v) is 4.50. The summed E-state index contributed by atoms with van der Waals surface area (Å²) in [6.45, 7) is 2.52. The predicted octanol–water partition coefficient (Wildman–Crippen LogP) is 3.48. The SMILES string of the molecule is O=C(CC[C@@H](O)[C@@H]1Cc2ccccc2CN1)c1ccc(CCC2CCOCC2)nc1. The van der Waals surface area contributed by atoms with E-state index in [0.717, 1.165) is 63.5 Å². The number of hydrogen-bond donors (Lipinski definition) is 2. The van der Waals surface area contributed by atoms with Crippen LogP contribution >= 0.6 is 0 Å². The number of aliphatic hydroxyl groups is 1. The summed E-state index contributed by atoms with van der Waals surface area (Å²) in [6.07, 6.45) is 7.13. The topological polar surface area (TPSA) is 71.5 Å². The van der Waals surface area contributed by atoms with Gasteiger partial charge in [-0.15, -0.1) is 0 Å². The van der Waals surface area contributed by atoms with Crippen LogP contribution in [0.5, 0.6) is 0 Å². The number of benzene rings is 1. The maximum atomic E-state index is 12.6. The molecule has 0 unspecified atom stereocenters. The average molecular weight is 409 g/mol. The van der Waals surface area contributed by atoms with E-state index in [4.69, 9.17) is 4.74 Å². The second kappa shape index (κ2) is 10.3. The van der Waals surface area contributed by atoms with Crippen LogP contribution < -0.4 is 5.32 Å². The van der Waals surface area contributed by atoms with E-state index in [1.807, 2.05) is 24.3 Å². The second-order valence-electron chi connectivity index (χ2n) is 8.62. The fraction of sp³-hybridized carbons (Fsp3) is 0.520. The molecule has 0 saturated carbocycles. The summed E-state index contributed by atoms with van der Waals surface area (Å²) in [6, 6.07) is 12.2. The molecule has 3 heterocycles. The molecule has 0 radical (unpaired) electrons. The van der Waals surface area contributed by atoms with E-state index in [1.54, 1.807) is 6.20 Å². The molecule has 1 saturated heterocycles. The number of rotatable bonds is 8. The number of ketones is 1. The quantitative estimate of drug-likeness (QED) is 0.655. The Kier molecular flexibility index (Phi) is 7.26. The van der Waals surface area contributed by atoms with Crippen molar-refractivity contribution in [1.82, 2.24) is 10.3 Å². The lowest BCUT2D eigenvalue weighted by Gasteiger charge is -2.29. The highest BCUT2D eigenvalue weighted by atomic mass is 16.5. The lowest BCUT2D eigenvalue weighted by molar-refractivity contribution is 0.0639. The Balaban J connectivity index is 1.23. The largest absolute Gasteiger partial charge is 0.391 e. The van der Waals surface area contributed by atoms with Crippen LogP contribution in [0.4, 0.5) is 0 Å². The number of carbonyl (C=O) groups is 1. The summed E-state index contributed by atoms with van der Waals surface area (Å²) in [4.78, 5) is 17.1. The molecule has 0 aliphatic carbocycles. The standard InChI is InChI=1S/C25H32N2O3/c28-24(9-10-25(29)23-15-19-3-1-2-4-20(19)16-27-23)21-6-8-22(26-17-21)7-5-18-11-13-30-14-12-18/h1-4,6,8,17-18,23,25,27,29H,5,7,9-16H2/t23-,25+/m0/s1. The van der Waals surface area contributed by atoms with E-state index < -0.39 is 6.10 Å². The molecule has 4 rings (SSSR count). The monoisotopic (exact) mass is 408 g/mol. The van der Waals surface area contributed by atoms with Gasteiger partial charge in [0.15, 0.2) is 5.78 Å². The van der Waals surface area contributed by atoms with Gasteiger partial charge in [-0.1, -0.05) is 24.3 Å². The number of fused-ring (bicyclic) bond motifs is 1. The minimum Gasteiger partial charge on any atom is -0.391 e. The van der Waals surface area contributed by atoms with E-state index in [1.165, 1.54) is 11.1 Å². The Morgan fingerprint density at radius 1 is 1.17 bits per heavy atom. The molecule has 1 aromatic heterocycles. The van der Waals surface area contributed by atoms with E-state index >= 15 is 0 Å². The van der Waals surface area contributed by atoms with Crippen molar-refractivity contribution in [2.45, 2.75) is 63.6 Å². The molecule has 2 aromatic rings. The summed E-state index contributed by atoms with van der Waals surface area (Å²) in [5.41, 5.74) is 4.26. The van der Waals surface area contributed by atoms with Crippen molar-refractivity contribution in [2.75, 3.05) is 13.2 Å². The number of pyridine rings is 1. The molecule has 5 nitrogen and oxygen atoms in total. The van der Waals surface area contributed by atoms with Crippen LogP contribution in [0.2, 0.25) is 0 Å². The second-order valence-corrected chi connectivity index (χ2v) is 8.62. The Bertz CT molecular complexity index is 831. The number of carbonyl (C=O) groups excluding carboxylic acids is 1. The van der Waals surface area contributed by atoms with Crippen LogP contribution in [-0.2, 0) is 24.1 Å². The van der Waals surface area contributed by atoms with Crippen molar-refractivity contribution in [3.05, 3.63) is 65.0 Å². The summed E-state index contributed by atoms with van der Waals surface area (Å²) >= 11 is 0. The molecule has 0 amide bonds. The summed E-state index contributed by atoms with van der Waals surface area (Å²) in [7, 11) is 0. The van der Waals surface area contributed by atoms with Gasteiger partial charge in [0.05, 0.1) is 6.10 Å². The first-order valence-corrected chi connectivity index (χ1v) is 11.2. The van der Waals surface area contributed by atoms with Crippen LogP contribution in [0.3, 0.4) is 0 Å². The molecular formula is C25H32N2O3. The van der Waals surface area contributed by atoms with Gasteiger partial charge in [0.1, 0.15) is 0 Å². The van der Waals surface area contributed by atoms with Gasteiger partial charge in [-0.2, -0.15) is 0 Å². The Morgan fingerprint density at radius 3 is 2.73 bits per heavy atom. The van der Waals surface area contributed by atoms with Crippen molar-refractivity contribution < 1.29 is 14.6 Å². The highest BCUT2D eigenvalue weighted by molar-refractivity contribution is 5.95. The smallest absolute Gasteiger partial charge is 0.164 e. The van der Waals surface area contributed by atoms with Crippen molar-refractivity contribution >= 4 is 5.78 Å². The molecule has 30 heavy (non-hydrogen) atoms.